The number of aryl methyl sites for hydroxylation is 2. The second kappa shape index (κ2) is 8.80. The fraction of sp³-hybridized carbons (Fsp3) is 0.167. The SMILES string of the molecule is C/C(=N/c1nnc(CCCc2c[nH]c3ccccc23)s1)c1cc2cc(Br)ccc2oc1=O. The monoisotopic (exact) mass is 506 g/mol. The summed E-state index contributed by atoms with van der Waals surface area (Å²) in [5, 5.41) is 12.0. The standard InChI is InChI=1S/C24H19BrN4O2S/c1-14(19-12-16-11-17(25)9-10-21(16)31-23(19)30)27-24-29-28-22(32-24)8-4-5-15-13-26-20-7-3-2-6-18(15)20/h2-3,6-7,9-13,26H,4-5,8H2,1H3/b27-14-. The van der Waals surface area contributed by atoms with Crippen molar-refractivity contribution in [1.82, 2.24) is 15.2 Å². The first-order valence-corrected chi connectivity index (χ1v) is 11.8. The molecule has 0 aliphatic rings. The maximum absolute atomic E-state index is 12.4. The Kier molecular flexibility index (Phi) is 5.71. The molecule has 3 heterocycles. The lowest BCUT2D eigenvalue weighted by Crippen LogP contribution is -2.11. The van der Waals surface area contributed by atoms with Crippen LogP contribution in [0.25, 0.3) is 21.9 Å². The van der Waals surface area contributed by atoms with Gasteiger partial charge in [0.2, 0.25) is 5.13 Å². The summed E-state index contributed by atoms with van der Waals surface area (Å²) in [5.41, 5.74) is 3.59. The molecule has 3 aromatic heterocycles. The summed E-state index contributed by atoms with van der Waals surface area (Å²) in [4.78, 5) is 20.2. The molecule has 8 heteroatoms. The third-order valence-corrected chi connectivity index (χ3v) is 6.69. The van der Waals surface area contributed by atoms with Crippen molar-refractivity contribution in [2.45, 2.75) is 26.2 Å². The molecule has 0 spiro atoms. The number of H-pyrrole nitrogens is 1. The molecule has 0 saturated heterocycles. The first kappa shape index (κ1) is 20.8. The number of nitrogens with zero attached hydrogens (tertiary/aromatic N) is 3. The zero-order chi connectivity index (χ0) is 22.1. The van der Waals surface area contributed by atoms with Gasteiger partial charge in [-0.3, -0.25) is 0 Å². The van der Waals surface area contributed by atoms with Gasteiger partial charge in [-0.15, -0.1) is 10.2 Å². The molecule has 0 bridgehead atoms. The van der Waals surface area contributed by atoms with E-state index in [4.69, 9.17) is 4.42 Å². The van der Waals surface area contributed by atoms with Crippen molar-refractivity contribution in [3.05, 3.63) is 85.8 Å². The molecule has 6 nitrogen and oxygen atoms in total. The second-order valence-electron chi connectivity index (χ2n) is 7.52. The number of para-hydroxylation sites is 1. The van der Waals surface area contributed by atoms with Crippen LogP contribution >= 0.6 is 27.3 Å². The molecule has 0 fully saturated rings. The predicted molar refractivity (Wildman–Crippen MR) is 132 cm³/mol. The van der Waals surface area contributed by atoms with Crippen LogP contribution in [0, 0.1) is 0 Å². The number of hydrogen-bond donors (Lipinski definition) is 1. The molecule has 0 unspecified atom stereocenters. The Balaban J connectivity index is 1.29. The van der Waals surface area contributed by atoms with E-state index in [2.05, 4.69) is 60.5 Å². The summed E-state index contributed by atoms with van der Waals surface area (Å²) in [5.74, 6) is 0. The summed E-state index contributed by atoms with van der Waals surface area (Å²) in [7, 11) is 0. The summed E-state index contributed by atoms with van der Waals surface area (Å²) in [6.07, 6.45) is 4.85. The molecular formula is C24H19BrN4O2S. The summed E-state index contributed by atoms with van der Waals surface area (Å²) in [6, 6.07) is 15.6. The van der Waals surface area contributed by atoms with Crippen LogP contribution in [0.4, 0.5) is 5.13 Å². The highest BCUT2D eigenvalue weighted by molar-refractivity contribution is 9.10. The van der Waals surface area contributed by atoms with Gasteiger partial charge < -0.3 is 9.40 Å². The van der Waals surface area contributed by atoms with E-state index in [1.54, 1.807) is 19.1 Å². The van der Waals surface area contributed by atoms with E-state index in [1.165, 1.54) is 22.3 Å². The lowest BCUT2D eigenvalue weighted by atomic mass is 10.1. The normalized spacial score (nSPS) is 12.1. The number of benzene rings is 2. The van der Waals surface area contributed by atoms with Crippen molar-refractivity contribution in [2.24, 2.45) is 4.99 Å². The van der Waals surface area contributed by atoms with Gasteiger partial charge in [-0.05, 0) is 55.7 Å². The highest BCUT2D eigenvalue weighted by Crippen LogP contribution is 2.24. The van der Waals surface area contributed by atoms with E-state index in [1.807, 2.05) is 18.2 Å². The van der Waals surface area contributed by atoms with Crippen molar-refractivity contribution >= 4 is 60.0 Å². The Labute approximate surface area is 196 Å². The molecule has 0 atom stereocenters. The maximum Gasteiger partial charge on any atom is 0.345 e. The quantitative estimate of drug-likeness (QED) is 0.219. The minimum atomic E-state index is -0.412. The van der Waals surface area contributed by atoms with Gasteiger partial charge in [0.1, 0.15) is 10.6 Å². The zero-order valence-corrected chi connectivity index (χ0v) is 19.7. The van der Waals surface area contributed by atoms with Gasteiger partial charge in [-0.1, -0.05) is 45.5 Å². The number of fused-ring (bicyclic) bond motifs is 2. The summed E-state index contributed by atoms with van der Waals surface area (Å²) >= 11 is 4.90. The molecule has 160 valence electrons. The average molecular weight is 507 g/mol. The van der Waals surface area contributed by atoms with E-state index in [0.29, 0.717) is 22.0 Å². The van der Waals surface area contributed by atoms with Gasteiger partial charge in [0.25, 0.3) is 0 Å². The number of aromatic amines is 1. The smallest absolute Gasteiger partial charge is 0.345 e. The van der Waals surface area contributed by atoms with Crippen LogP contribution in [0.15, 0.2) is 73.4 Å². The molecule has 32 heavy (non-hydrogen) atoms. The van der Waals surface area contributed by atoms with Crippen molar-refractivity contribution in [2.75, 3.05) is 0 Å². The molecule has 0 saturated carbocycles. The molecular weight excluding hydrogens is 488 g/mol. The largest absolute Gasteiger partial charge is 0.422 e. The van der Waals surface area contributed by atoms with Gasteiger partial charge in [0.15, 0.2) is 0 Å². The number of nitrogens with one attached hydrogen (secondary N) is 1. The predicted octanol–water partition coefficient (Wildman–Crippen LogP) is 6.20. The highest BCUT2D eigenvalue weighted by atomic mass is 79.9. The van der Waals surface area contributed by atoms with Gasteiger partial charge in [0, 0.05) is 33.4 Å². The third-order valence-electron chi connectivity index (χ3n) is 5.32. The maximum atomic E-state index is 12.4. The lowest BCUT2D eigenvalue weighted by molar-refractivity contribution is 0.559. The van der Waals surface area contributed by atoms with Crippen molar-refractivity contribution < 1.29 is 4.42 Å². The first-order valence-electron chi connectivity index (χ1n) is 10.2. The number of aromatic nitrogens is 3. The molecule has 0 aliphatic heterocycles. The lowest BCUT2D eigenvalue weighted by Gasteiger charge is -2.02. The van der Waals surface area contributed by atoms with Crippen LogP contribution in [-0.2, 0) is 12.8 Å². The number of halogens is 1. The second-order valence-corrected chi connectivity index (χ2v) is 9.47. The number of rotatable bonds is 6. The fourth-order valence-corrected chi connectivity index (χ4v) is 4.89. The molecule has 5 aromatic rings. The van der Waals surface area contributed by atoms with Crippen LogP contribution in [0.1, 0.15) is 29.5 Å². The Bertz CT molecular complexity index is 1520. The molecule has 0 aliphatic carbocycles. The summed E-state index contributed by atoms with van der Waals surface area (Å²) in [6.45, 7) is 1.79. The molecule has 2 aromatic carbocycles. The number of aliphatic imine (C=N–C) groups is 1. The van der Waals surface area contributed by atoms with Crippen molar-refractivity contribution in [3.63, 3.8) is 0 Å². The van der Waals surface area contributed by atoms with Crippen molar-refractivity contribution in [3.8, 4) is 0 Å². The van der Waals surface area contributed by atoms with Gasteiger partial charge in [0.05, 0.1) is 11.3 Å². The van der Waals surface area contributed by atoms with Crippen LogP contribution in [-0.4, -0.2) is 20.9 Å². The van der Waals surface area contributed by atoms with E-state index in [-0.39, 0.29) is 0 Å². The van der Waals surface area contributed by atoms with Crippen LogP contribution in [0.3, 0.4) is 0 Å². The van der Waals surface area contributed by atoms with Gasteiger partial charge >= 0.3 is 5.63 Å². The highest BCUT2D eigenvalue weighted by Gasteiger charge is 2.11. The van der Waals surface area contributed by atoms with Crippen molar-refractivity contribution in [1.29, 1.82) is 0 Å². The minimum absolute atomic E-state index is 0.412. The zero-order valence-electron chi connectivity index (χ0n) is 17.3. The molecule has 5 rings (SSSR count). The Morgan fingerprint density at radius 3 is 2.94 bits per heavy atom. The Hall–Kier alpha value is -3.10. The van der Waals surface area contributed by atoms with E-state index < -0.39 is 5.63 Å². The summed E-state index contributed by atoms with van der Waals surface area (Å²) < 4.78 is 6.36. The van der Waals surface area contributed by atoms with Crippen LogP contribution < -0.4 is 5.63 Å². The van der Waals surface area contributed by atoms with Crippen LogP contribution in [0.5, 0.6) is 0 Å². The topological polar surface area (TPSA) is 84.1 Å². The fourth-order valence-electron chi connectivity index (χ4n) is 3.71. The van der Waals surface area contributed by atoms with E-state index in [0.717, 1.165) is 39.6 Å². The molecule has 0 radical (unpaired) electrons. The van der Waals surface area contributed by atoms with Gasteiger partial charge in [-0.25, -0.2) is 9.79 Å². The first-order chi connectivity index (χ1) is 15.6. The van der Waals surface area contributed by atoms with Gasteiger partial charge in [-0.2, -0.15) is 0 Å². The molecule has 1 N–H and O–H groups in total. The Morgan fingerprint density at radius 1 is 1.16 bits per heavy atom. The molecule has 0 amide bonds. The van der Waals surface area contributed by atoms with E-state index >= 15 is 0 Å². The Morgan fingerprint density at radius 2 is 2.03 bits per heavy atom. The van der Waals surface area contributed by atoms with E-state index in [9.17, 15) is 4.79 Å². The average Bonchev–Trinajstić information content (AvgIpc) is 3.40. The third kappa shape index (κ3) is 4.28. The number of hydrogen-bond acceptors (Lipinski definition) is 6. The minimum Gasteiger partial charge on any atom is -0.422 e. The van der Waals surface area contributed by atoms with Crippen LogP contribution in [0.2, 0.25) is 0 Å².